The third kappa shape index (κ3) is 7.74. The number of halogens is 3. The average molecular weight is 405 g/mol. The van der Waals surface area contributed by atoms with Crippen LogP contribution in [0.5, 0.6) is 0 Å². The van der Waals surface area contributed by atoms with Gasteiger partial charge in [-0.1, -0.05) is 19.3 Å². The number of guanidine groups is 1. The average Bonchev–Trinajstić information content (AvgIpc) is 3.10. The predicted molar refractivity (Wildman–Crippen MR) is 99.8 cm³/mol. The number of hydrogen-bond donors (Lipinski definition) is 3. The van der Waals surface area contributed by atoms with Gasteiger partial charge in [-0.2, -0.15) is 13.2 Å². The van der Waals surface area contributed by atoms with Gasteiger partial charge in [0.1, 0.15) is 0 Å². The minimum Gasteiger partial charge on any atom is -0.356 e. The molecule has 1 aromatic heterocycles. The van der Waals surface area contributed by atoms with Gasteiger partial charge in [-0.25, -0.2) is 4.98 Å². The van der Waals surface area contributed by atoms with Crippen molar-refractivity contribution in [2.75, 3.05) is 20.1 Å². The molecule has 152 valence electrons. The van der Waals surface area contributed by atoms with Crippen LogP contribution in [0.1, 0.15) is 49.2 Å². The highest BCUT2D eigenvalue weighted by Gasteiger charge is 2.33. The van der Waals surface area contributed by atoms with E-state index in [-0.39, 0.29) is 5.91 Å². The lowest BCUT2D eigenvalue weighted by atomic mass is 9.95. The number of rotatable bonds is 7. The van der Waals surface area contributed by atoms with E-state index in [2.05, 4.69) is 25.9 Å². The minimum absolute atomic E-state index is 0.0207. The summed E-state index contributed by atoms with van der Waals surface area (Å²) < 4.78 is 37.6. The number of thiazole rings is 1. The summed E-state index contributed by atoms with van der Waals surface area (Å²) >= 11 is 0.990. The van der Waals surface area contributed by atoms with E-state index in [0.29, 0.717) is 42.9 Å². The number of carbonyl (C=O) groups excluding carboxylic acids is 1. The molecule has 10 heteroatoms. The van der Waals surface area contributed by atoms with Crippen molar-refractivity contribution in [1.82, 2.24) is 20.9 Å². The maximum Gasteiger partial charge on any atom is 0.434 e. The molecule has 2 rings (SSSR count). The molecule has 3 N–H and O–H groups in total. The number of aliphatic imine (C=N–C) groups is 1. The summed E-state index contributed by atoms with van der Waals surface area (Å²) in [5.41, 5.74) is -0.853. The summed E-state index contributed by atoms with van der Waals surface area (Å²) in [6.07, 6.45) is 1.99. The zero-order valence-electron chi connectivity index (χ0n) is 15.4. The molecule has 0 spiro atoms. The Morgan fingerprint density at radius 2 is 1.96 bits per heavy atom. The fourth-order valence-electron chi connectivity index (χ4n) is 2.91. The second-order valence-electron chi connectivity index (χ2n) is 6.45. The van der Waals surface area contributed by atoms with Gasteiger partial charge in [-0.05, 0) is 12.8 Å². The van der Waals surface area contributed by atoms with E-state index in [4.69, 9.17) is 0 Å². The van der Waals surface area contributed by atoms with Crippen molar-refractivity contribution in [3.8, 4) is 0 Å². The molecule has 1 saturated carbocycles. The molecular weight excluding hydrogens is 379 g/mol. The van der Waals surface area contributed by atoms with Crippen LogP contribution in [-0.4, -0.2) is 43.0 Å². The van der Waals surface area contributed by atoms with E-state index in [0.717, 1.165) is 29.6 Å². The molecule has 0 bridgehead atoms. The van der Waals surface area contributed by atoms with Crippen molar-refractivity contribution >= 4 is 23.2 Å². The molecule has 0 aliphatic heterocycles. The van der Waals surface area contributed by atoms with Gasteiger partial charge >= 0.3 is 6.18 Å². The molecule has 0 radical (unpaired) electrons. The number of hydrogen-bond acceptors (Lipinski definition) is 4. The Kier molecular flexibility index (Phi) is 8.33. The molecule has 27 heavy (non-hydrogen) atoms. The maximum atomic E-state index is 12.5. The molecular formula is C17H26F3N5OS. The van der Waals surface area contributed by atoms with Crippen molar-refractivity contribution in [1.29, 1.82) is 0 Å². The maximum absolute atomic E-state index is 12.5. The number of nitrogens with zero attached hydrogens (tertiary/aromatic N) is 2. The molecule has 0 aromatic carbocycles. The Bertz CT molecular complexity index is 626. The number of alkyl halides is 3. The number of nitrogens with one attached hydrogen (secondary N) is 3. The van der Waals surface area contributed by atoms with Crippen molar-refractivity contribution in [2.45, 2.75) is 57.2 Å². The fourth-order valence-corrected chi connectivity index (χ4v) is 3.71. The van der Waals surface area contributed by atoms with Crippen molar-refractivity contribution in [3.63, 3.8) is 0 Å². The third-order valence-electron chi connectivity index (χ3n) is 4.31. The Morgan fingerprint density at radius 3 is 2.59 bits per heavy atom. The van der Waals surface area contributed by atoms with Gasteiger partial charge in [-0.15, -0.1) is 11.3 Å². The molecule has 1 aliphatic carbocycles. The molecule has 0 unspecified atom stereocenters. The molecule has 6 nitrogen and oxygen atoms in total. The zero-order valence-corrected chi connectivity index (χ0v) is 16.2. The van der Waals surface area contributed by atoms with E-state index in [1.54, 1.807) is 7.05 Å². The highest BCUT2D eigenvalue weighted by Crippen LogP contribution is 2.29. The number of carbonyl (C=O) groups is 1. The molecule has 0 saturated heterocycles. The van der Waals surface area contributed by atoms with Crippen molar-refractivity contribution in [2.24, 2.45) is 4.99 Å². The highest BCUT2D eigenvalue weighted by molar-refractivity contribution is 7.09. The summed E-state index contributed by atoms with van der Waals surface area (Å²) in [6, 6.07) is 0.295. The first kappa shape index (κ1) is 21.5. The van der Waals surface area contributed by atoms with Gasteiger partial charge < -0.3 is 16.0 Å². The largest absolute Gasteiger partial charge is 0.434 e. The molecule has 1 fully saturated rings. The zero-order chi connectivity index (χ0) is 19.7. The summed E-state index contributed by atoms with van der Waals surface area (Å²) in [5.74, 6) is 0.528. The monoisotopic (exact) mass is 405 g/mol. The van der Waals surface area contributed by atoms with Crippen molar-refractivity contribution in [3.05, 3.63) is 16.1 Å². The smallest absolute Gasteiger partial charge is 0.356 e. The van der Waals surface area contributed by atoms with Crippen LogP contribution in [0, 0.1) is 0 Å². The summed E-state index contributed by atoms with van der Waals surface area (Å²) in [4.78, 5) is 19.6. The van der Waals surface area contributed by atoms with E-state index in [1.165, 1.54) is 19.3 Å². The fraction of sp³-hybridized carbons (Fsp3) is 0.706. The Hall–Kier alpha value is -1.84. The second kappa shape index (κ2) is 10.5. The Morgan fingerprint density at radius 1 is 1.26 bits per heavy atom. The molecule has 1 heterocycles. The van der Waals surface area contributed by atoms with E-state index < -0.39 is 11.9 Å². The lowest BCUT2D eigenvalue weighted by Gasteiger charge is -2.22. The summed E-state index contributed by atoms with van der Waals surface area (Å²) in [5, 5.41) is 10.5. The molecule has 1 aliphatic rings. The van der Waals surface area contributed by atoms with Gasteiger partial charge in [0.25, 0.3) is 0 Å². The van der Waals surface area contributed by atoms with Gasteiger partial charge in [-0.3, -0.25) is 9.79 Å². The number of aromatic nitrogens is 1. The van der Waals surface area contributed by atoms with Gasteiger partial charge in [0, 0.05) is 44.4 Å². The summed E-state index contributed by atoms with van der Waals surface area (Å²) in [7, 11) is 1.60. The van der Waals surface area contributed by atoms with Crippen LogP contribution >= 0.6 is 11.3 Å². The normalized spacial score (nSPS) is 16.2. The topological polar surface area (TPSA) is 78.4 Å². The van der Waals surface area contributed by atoms with Crippen LogP contribution in [0.25, 0.3) is 0 Å². The van der Waals surface area contributed by atoms with Gasteiger partial charge in [0.15, 0.2) is 11.7 Å². The van der Waals surface area contributed by atoms with Crippen LogP contribution < -0.4 is 16.0 Å². The SMILES string of the molecule is CN=C(NCCC(=O)NC1CCCCC1)NCCc1nc(C(F)(F)F)cs1. The predicted octanol–water partition coefficient (Wildman–Crippen LogP) is 2.71. The van der Waals surface area contributed by atoms with E-state index in [1.807, 2.05) is 0 Å². The standard InChI is InChI=1S/C17H26F3N5OS/c1-21-16(22-9-7-14(26)24-12-5-3-2-4-6-12)23-10-8-15-25-13(11-27-15)17(18,19)20/h11-12H,2-10H2,1H3,(H,24,26)(H2,21,22,23). The van der Waals surface area contributed by atoms with Crippen LogP contribution in [0.15, 0.2) is 10.4 Å². The second-order valence-corrected chi connectivity index (χ2v) is 7.40. The Balaban J connectivity index is 1.62. The quantitative estimate of drug-likeness (QED) is 0.482. The summed E-state index contributed by atoms with van der Waals surface area (Å²) in [6.45, 7) is 0.840. The first-order valence-electron chi connectivity index (χ1n) is 9.14. The van der Waals surface area contributed by atoms with Crippen LogP contribution in [0.2, 0.25) is 0 Å². The van der Waals surface area contributed by atoms with Gasteiger partial charge in [0.05, 0.1) is 5.01 Å². The van der Waals surface area contributed by atoms with Crippen molar-refractivity contribution < 1.29 is 18.0 Å². The van der Waals surface area contributed by atoms with Crippen LogP contribution in [0.3, 0.4) is 0 Å². The first-order chi connectivity index (χ1) is 12.9. The lowest BCUT2D eigenvalue weighted by Crippen LogP contribution is -2.41. The van der Waals surface area contributed by atoms with E-state index in [9.17, 15) is 18.0 Å². The van der Waals surface area contributed by atoms with Crippen LogP contribution in [0.4, 0.5) is 13.2 Å². The molecule has 1 aromatic rings. The van der Waals surface area contributed by atoms with Gasteiger partial charge in [0.2, 0.25) is 5.91 Å². The number of amides is 1. The first-order valence-corrected chi connectivity index (χ1v) is 10.0. The minimum atomic E-state index is -4.40. The third-order valence-corrected chi connectivity index (χ3v) is 5.22. The molecule has 1 amide bonds. The molecule has 0 atom stereocenters. The lowest BCUT2D eigenvalue weighted by molar-refractivity contribution is -0.140. The van der Waals surface area contributed by atoms with E-state index >= 15 is 0 Å². The highest BCUT2D eigenvalue weighted by atomic mass is 32.1. The Labute approximate surface area is 161 Å². The van der Waals surface area contributed by atoms with Crippen LogP contribution in [-0.2, 0) is 17.4 Å².